The predicted octanol–water partition coefficient (Wildman–Crippen LogP) is -1.52. The van der Waals surface area contributed by atoms with Crippen LogP contribution in [0.4, 0.5) is 0 Å². The van der Waals surface area contributed by atoms with Gasteiger partial charge in [-0.25, -0.2) is 0 Å². The first-order valence-corrected chi connectivity index (χ1v) is 5.72. The number of hydrogen-bond donors (Lipinski definition) is 3. The van der Waals surface area contributed by atoms with Crippen LogP contribution in [0.3, 0.4) is 0 Å². The summed E-state index contributed by atoms with van der Waals surface area (Å²) in [6, 6.07) is 1.85. The van der Waals surface area contributed by atoms with Crippen molar-refractivity contribution in [1.82, 2.24) is 20.4 Å². The van der Waals surface area contributed by atoms with Gasteiger partial charge < -0.3 is 16.4 Å². The quantitative estimate of drug-likeness (QED) is 0.445. The molecule has 0 aliphatic heterocycles. The number of nitrogens with zero attached hydrogens (tertiary/aromatic N) is 2. The standard InChI is InChI=1S/C10H15N5O2S/c1-15-5-3-7(14-15)2-4-12-9(16)10(17)13-6-8(11)18/h3,5H,2,4,6H2,1H3,(H2,11,18)(H,12,16)(H,13,17). The van der Waals surface area contributed by atoms with E-state index in [-0.39, 0.29) is 11.5 Å². The molecule has 0 saturated heterocycles. The van der Waals surface area contributed by atoms with Crippen LogP contribution in [0.2, 0.25) is 0 Å². The predicted molar refractivity (Wildman–Crippen MR) is 69.7 cm³/mol. The third-order valence-corrected chi connectivity index (χ3v) is 2.21. The highest BCUT2D eigenvalue weighted by Gasteiger charge is 2.12. The fourth-order valence-electron chi connectivity index (χ4n) is 1.23. The van der Waals surface area contributed by atoms with Crippen LogP contribution in [0, 0.1) is 0 Å². The Morgan fingerprint density at radius 2 is 2.11 bits per heavy atom. The van der Waals surface area contributed by atoms with E-state index in [4.69, 9.17) is 5.73 Å². The molecule has 4 N–H and O–H groups in total. The highest BCUT2D eigenvalue weighted by Crippen LogP contribution is 1.93. The fraction of sp³-hybridized carbons (Fsp3) is 0.400. The molecule has 1 aromatic rings. The van der Waals surface area contributed by atoms with Crippen molar-refractivity contribution in [2.75, 3.05) is 13.1 Å². The molecule has 0 bridgehead atoms. The van der Waals surface area contributed by atoms with Crippen LogP contribution < -0.4 is 16.4 Å². The van der Waals surface area contributed by atoms with E-state index < -0.39 is 11.8 Å². The van der Waals surface area contributed by atoms with E-state index in [1.165, 1.54) is 0 Å². The van der Waals surface area contributed by atoms with Gasteiger partial charge in [0.25, 0.3) is 0 Å². The Hall–Kier alpha value is -1.96. The Morgan fingerprint density at radius 3 is 2.67 bits per heavy atom. The van der Waals surface area contributed by atoms with Crippen molar-refractivity contribution in [3.63, 3.8) is 0 Å². The summed E-state index contributed by atoms with van der Waals surface area (Å²) in [5.74, 6) is -1.45. The Labute approximate surface area is 110 Å². The zero-order valence-corrected chi connectivity index (χ0v) is 10.8. The van der Waals surface area contributed by atoms with E-state index in [0.29, 0.717) is 13.0 Å². The van der Waals surface area contributed by atoms with Crippen molar-refractivity contribution in [3.05, 3.63) is 18.0 Å². The molecule has 0 aliphatic rings. The van der Waals surface area contributed by atoms with Gasteiger partial charge in [0.15, 0.2) is 0 Å². The molecule has 0 radical (unpaired) electrons. The van der Waals surface area contributed by atoms with E-state index >= 15 is 0 Å². The fourth-order valence-corrected chi connectivity index (χ4v) is 1.30. The van der Waals surface area contributed by atoms with Crippen LogP contribution in [-0.2, 0) is 23.1 Å². The minimum absolute atomic E-state index is 0.0157. The van der Waals surface area contributed by atoms with Gasteiger partial charge >= 0.3 is 11.8 Å². The third-order valence-electron chi connectivity index (χ3n) is 2.06. The van der Waals surface area contributed by atoms with Crippen LogP contribution in [0.25, 0.3) is 0 Å². The van der Waals surface area contributed by atoms with Crippen molar-refractivity contribution < 1.29 is 9.59 Å². The van der Waals surface area contributed by atoms with E-state index in [2.05, 4.69) is 28.0 Å². The monoisotopic (exact) mass is 269 g/mol. The number of amides is 2. The number of carbonyl (C=O) groups is 2. The minimum Gasteiger partial charge on any atom is -0.392 e. The van der Waals surface area contributed by atoms with Crippen molar-refractivity contribution in [3.8, 4) is 0 Å². The Kier molecular flexibility index (Phi) is 5.25. The highest BCUT2D eigenvalue weighted by atomic mass is 32.1. The van der Waals surface area contributed by atoms with Crippen LogP contribution >= 0.6 is 12.2 Å². The molecule has 0 spiro atoms. The van der Waals surface area contributed by atoms with E-state index in [1.807, 2.05) is 19.3 Å². The van der Waals surface area contributed by atoms with Crippen molar-refractivity contribution in [2.45, 2.75) is 6.42 Å². The van der Waals surface area contributed by atoms with E-state index in [9.17, 15) is 9.59 Å². The maximum atomic E-state index is 11.3. The van der Waals surface area contributed by atoms with Gasteiger partial charge in [-0.05, 0) is 6.07 Å². The summed E-state index contributed by atoms with van der Waals surface area (Å²) in [5, 5.41) is 8.92. The first-order valence-electron chi connectivity index (χ1n) is 5.32. The smallest absolute Gasteiger partial charge is 0.309 e. The molecule has 0 atom stereocenters. The molecule has 0 unspecified atom stereocenters. The Bertz CT molecular complexity index is 457. The first kappa shape index (κ1) is 14.1. The summed E-state index contributed by atoms with van der Waals surface area (Å²) >= 11 is 4.57. The van der Waals surface area contributed by atoms with Gasteiger partial charge in [0.2, 0.25) is 0 Å². The third kappa shape index (κ3) is 4.91. The number of hydrogen-bond acceptors (Lipinski definition) is 4. The molecule has 0 aliphatic carbocycles. The summed E-state index contributed by atoms with van der Waals surface area (Å²) in [4.78, 5) is 22.7. The van der Waals surface area contributed by atoms with Crippen LogP contribution in [-0.4, -0.2) is 39.7 Å². The van der Waals surface area contributed by atoms with E-state index in [0.717, 1.165) is 5.69 Å². The number of rotatable bonds is 5. The maximum Gasteiger partial charge on any atom is 0.309 e. The molecule has 98 valence electrons. The molecule has 1 rings (SSSR count). The number of nitrogens with one attached hydrogen (secondary N) is 2. The first-order chi connectivity index (χ1) is 8.49. The Morgan fingerprint density at radius 1 is 1.44 bits per heavy atom. The summed E-state index contributed by atoms with van der Waals surface area (Å²) in [6.07, 6.45) is 2.38. The average molecular weight is 269 g/mol. The minimum atomic E-state index is -0.746. The second kappa shape index (κ2) is 6.70. The van der Waals surface area contributed by atoms with Crippen LogP contribution in [0.15, 0.2) is 12.3 Å². The SMILES string of the molecule is Cn1ccc(CCNC(=O)C(=O)NCC(N)=S)n1. The molecule has 0 saturated carbocycles. The second-order valence-electron chi connectivity index (χ2n) is 3.64. The lowest BCUT2D eigenvalue weighted by molar-refractivity contribution is -0.139. The van der Waals surface area contributed by atoms with Gasteiger partial charge in [-0.1, -0.05) is 12.2 Å². The Balaban J connectivity index is 2.24. The number of aryl methyl sites for hydroxylation is 1. The van der Waals surface area contributed by atoms with Gasteiger partial charge in [0, 0.05) is 26.2 Å². The van der Waals surface area contributed by atoms with Crippen LogP contribution in [0.1, 0.15) is 5.69 Å². The largest absolute Gasteiger partial charge is 0.392 e. The van der Waals surface area contributed by atoms with Gasteiger partial charge in [-0.15, -0.1) is 0 Å². The maximum absolute atomic E-state index is 11.3. The lowest BCUT2D eigenvalue weighted by Crippen LogP contribution is -2.43. The van der Waals surface area contributed by atoms with Gasteiger partial charge in [-0.3, -0.25) is 14.3 Å². The van der Waals surface area contributed by atoms with Crippen molar-refractivity contribution in [2.24, 2.45) is 12.8 Å². The van der Waals surface area contributed by atoms with Crippen LogP contribution in [0.5, 0.6) is 0 Å². The van der Waals surface area contributed by atoms with Crippen molar-refractivity contribution >= 4 is 29.0 Å². The van der Waals surface area contributed by atoms with Gasteiger partial charge in [0.1, 0.15) is 0 Å². The average Bonchev–Trinajstić information content (AvgIpc) is 2.71. The number of thiocarbonyl (C=S) groups is 1. The number of carbonyl (C=O) groups excluding carboxylic acids is 2. The lowest BCUT2D eigenvalue weighted by atomic mass is 10.3. The zero-order chi connectivity index (χ0) is 13.5. The van der Waals surface area contributed by atoms with E-state index in [1.54, 1.807) is 4.68 Å². The molecule has 0 fully saturated rings. The summed E-state index contributed by atoms with van der Waals surface area (Å²) in [7, 11) is 1.81. The normalized spacial score (nSPS) is 9.83. The highest BCUT2D eigenvalue weighted by molar-refractivity contribution is 7.80. The molecule has 0 aromatic carbocycles. The lowest BCUT2D eigenvalue weighted by Gasteiger charge is -2.04. The molecule has 1 heterocycles. The topological polar surface area (TPSA) is 102 Å². The molecule has 7 nitrogen and oxygen atoms in total. The van der Waals surface area contributed by atoms with Crippen molar-refractivity contribution in [1.29, 1.82) is 0 Å². The summed E-state index contributed by atoms with van der Waals surface area (Å²) in [6.45, 7) is 0.359. The van der Waals surface area contributed by atoms with Gasteiger partial charge in [0.05, 0.1) is 17.2 Å². The summed E-state index contributed by atoms with van der Waals surface area (Å²) < 4.78 is 1.67. The molecule has 2 amide bonds. The molecule has 8 heteroatoms. The van der Waals surface area contributed by atoms with Gasteiger partial charge in [-0.2, -0.15) is 5.10 Å². The number of aromatic nitrogens is 2. The summed E-state index contributed by atoms with van der Waals surface area (Å²) in [5.41, 5.74) is 6.04. The second-order valence-corrected chi connectivity index (χ2v) is 4.16. The molecular weight excluding hydrogens is 254 g/mol. The zero-order valence-electron chi connectivity index (χ0n) is 9.97. The molecule has 1 aromatic heterocycles. The number of nitrogens with two attached hydrogens (primary N) is 1. The molecule has 18 heavy (non-hydrogen) atoms. The molecular formula is C10H15N5O2S.